The Bertz CT molecular complexity index is 788. The first-order valence-corrected chi connectivity index (χ1v) is 18.2. The number of nitrogens with zero attached hydrogens (tertiary/aromatic N) is 4. The molecule has 2 aliphatic rings. The van der Waals surface area contributed by atoms with Gasteiger partial charge in [-0.1, -0.05) is 52.1 Å². The van der Waals surface area contributed by atoms with E-state index in [0.717, 1.165) is 85.2 Å². The Hall–Kier alpha value is 0.180. The topological polar surface area (TPSA) is 59.1 Å². The Labute approximate surface area is 259 Å². The second-order valence-electron chi connectivity index (χ2n) is 11.7. The highest BCUT2D eigenvalue weighted by Gasteiger charge is 2.32. The summed E-state index contributed by atoms with van der Waals surface area (Å²) in [5.74, 6) is 2.27. The van der Waals surface area contributed by atoms with Crippen molar-refractivity contribution in [3.05, 3.63) is 0 Å². The lowest BCUT2D eigenvalue weighted by atomic mass is 9.86. The van der Waals surface area contributed by atoms with Crippen LogP contribution in [0, 0.1) is 10.8 Å². The summed E-state index contributed by atoms with van der Waals surface area (Å²) in [6.07, 6.45) is 3.60. The van der Waals surface area contributed by atoms with E-state index in [1.165, 1.54) is 0 Å². The Balaban J connectivity index is 1.65. The van der Waals surface area contributed by atoms with Crippen molar-refractivity contribution in [2.45, 2.75) is 67.2 Å². The zero-order chi connectivity index (χ0) is 28.7. The molecule has 0 amide bonds. The van der Waals surface area contributed by atoms with Gasteiger partial charge in [-0.2, -0.15) is 0 Å². The van der Waals surface area contributed by atoms with Crippen LogP contribution in [-0.4, -0.2) is 111 Å². The van der Waals surface area contributed by atoms with Crippen LogP contribution in [0.4, 0.5) is 0 Å². The third-order valence-corrected chi connectivity index (χ3v) is 12.1. The highest BCUT2D eigenvalue weighted by Crippen LogP contribution is 2.29. The van der Waals surface area contributed by atoms with Gasteiger partial charge in [-0.25, -0.2) is 0 Å². The molecule has 0 aromatic heterocycles. The quantitative estimate of drug-likeness (QED) is 0.167. The molecule has 0 aliphatic carbocycles. The Morgan fingerprint density at radius 1 is 0.632 bits per heavy atom. The minimum atomic E-state index is -0.963. The molecule has 0 aromatic rings. The maximum Gasteiger partial charge on any atom is 0.176 e. The second kappa shape index (κ2) is 15.4. The molecule has 2 rings (SSSR count). The fraction of sp³-hybridized carbons (Fsp3) is 0.846. The molecule has 218 valence electrons. The summed E-state index contributed by atoms with van der Waals surface area (Å²) in [5.41, 5.74) is 0.0790. The maximum absolute atomic E-state index is 12.7. The summed E-state index contributed by atoms with van der Waals surface area (Å²) >= 11 is 20.3. The predicted octanol–water partition coefficient (Wildman–Crippen LogP) is 4.60. The third-order valence-electron chi connectivity index (χ3n) is 7.60. The van der Waals surface area contributed by atoms with Crippen molar-refractivity contribution in [1.82, 2.24) is 19.6 Å². The molecular formula is C26H46N4O2S6. The normalized spacial score (nSPS) is 18.8. The molecule has 2 heterocycles. The van der Waals surface area contributed by atoms with Gasteiger partial charge in [-0.05, 0) is 97.1 Å². The molecule has 0 saturated carbocycles. The van der Waals surface area contributed by atoms with Crippen molar-refractivity contribution in [2.75, 3.05) is 62.3 Å². The van der Waals surface area contributed by atoms with Gasteiger partial charge in [0, 0.05) is 26.2 Å². The summed E-state index contributed by atoms with van der Waals surface area (Å²) in [6, 6.07) is 0. The molecule has 38 heavy (non-hydrogen) atoms. The van der Waals surface area contributed by atoms with E-state index < -0.39 is 22.4 Å². The molecule has 0 bridgehead atoms. The van der Waals surface area contributed by atoms with Crippen molar-refractivity contribution < 1.29 is 9.11 Å². The fourth-order valence-electron chi connectivity index (χ4n) is 4.37. The van der Waals surface area contributed by atoms with Crippen molar-refractivity contribution in [1.29, 1.82) is 0 Å². The SMILES string of the molecule is CCN1CC(=S)N(CCC(C)(C)CC[S+]([O-])CC[S+]([O-])CCC(C)(C)CCN2C(=S)CN(CC)C2=S)C1=S. The van der Waals surface area contributed by atoms with Crippen molar-refractivity contribution in [3.63, 3.8) is 0 Å². The first-order chi connectivity index (χ1) is 17.7. The van der Waals surface area contributed by atoms with E-state index in [-0.39, 0.29) is 10.8 Å². The van der Waals surface area contributed by atoms with Crippen LogP contribution in [0.1, 0.15) is 67.2 Å². The second-order valence-corrected chi connectivity index (χ2v) is 16.8. The minimum Gasteiger partial charge on any atom is -0.616 e. The lowest BCUT2D eigenvalue weighted by Crippen LogP contribution is -2.35. The number of rotatable bonds is 17. The van der Waals surface area contributed by atoms with E-state index in [1.807, 2.05) is 0 Å². The Kier molecular flexibility index (Phi) is 14.0. The summed E-state index contributed by atoms with van der Waals surface area (Å²) < 4.78 is 25.4. The minimum absolute atomic E-state index is 0.0395. The van der Waals surface area contributed by atoms with Crippen LogP contribution in [-0.2, 0) is 22.4 Å². The van der Waals surface area contributed by atoms with Crippen LogP contribution in [0.2, 0.25) is 0 Å². The van der Waals surface area contributed by atoms with Gasteiger partial charge >= 0.3 is 0 Å². The van der Waals surface area contributed by atoms with E-state index in [2.05, 4.69) is 61.1 Å². The molecule has 2 fully saturated rings. The Morgan fingerprint density at radius 3 is 1.26 bits per heavy atom. The van der Waals surface area contributed by atoms with Gasteiger partial charge in [-0.3, -0.25) is 0 Å². The number of likely N-dealkylation sites (N-methyl/N-ethyl adjacent to an activating group) is 2. The summed E-state index contributed by atoms with van der Waals surface area (Å²) in [6.45, 7) is 17.9. The summed E-state index contributed by atoms with van der Waals surface area (Å²) in [7, 11) is 0. The van der Waals surface area contributed by atoms with Gasteiger partial charge in [0.1, 0.15) is 33.0 Å². The molecule has 2 atom stereocenters. The van der Waals surface area contributed by atoms with E-state index in [0.29, 0.717) is 23.0 Å². The predicted molar refractivity (Wildman–Crippen MR) is 180 cm³/mol. The first-order valence-electron chi connectivity index (χ1n) is 13.6. The standard InChI is InChI=1S/C26H46N4O2S6/c1-7-27-19-21(33)29(23(27)35)13-9-25(3,4)11-15-37(31)17-18-38(32)16-12-26(5,6)10-14-30-22(34)20-28(8-2)24(30)36/h7-20H2,1-6H3. The fourth-order valence-corrected chi connectivity index (χ4v) is 9.40. The van der Waals surface area contributed by atoms with Crippen molar-refractivity contribution >= 4 is 91.4 Å². The average Bonchev–Trinajstić information content (AvgIpc) is 3.30. The maximum atomic E-state index is 12.7. The van der Waals surface area contributed by atoms with Gasteiger partial charge in [-0.15, -0.1) is 0 Å². The third kappa shape index (κ3) is 10.5. The number of hydrogen-bond donors (Lipinski definition) is 0. The Morgan fingerprint density at radius 2 is 0.974 bits per heavy atom. The average molecular weight is 639 g/mol. The molecule has 2 saturated heterocycles. The van der Waals surface area contributed by atoms with Crippen LogP contribution >= 0.6 is 48.9 Å². The largest absolute Gasteiger partial charge is 0.616 e. The van der Waals surface area contributed by atoms with Gasteiger partial charge < -0.3 is 28.7 Å². The van der Waals surface area contributed by atoms with Gasteiger partial charge in [0.05, 0.1) is 13.1 Å². The van der Waals surface area contributed by atoms with Crippen LogP contribution < -0.4 is 0 Å². The molecule has 6 nitrogen and oxygen atoms in total. The van der Waals surface area contributed by atoms with Gasteiger partial charge in [0.25, 0.3) is 0 Å². The van der Waals surface area contributed by atoms with Crippen LogP contribution in [0.5, 0.6) is 0 Å². The zero-order valence-electron chi connectivity index (χ0n) is 24.0. The highest BCUT2D eigenvalue weighted by atomic mass is 32.2. The van der Waals surface area contributed by atoms with Crippen molar-refractivity contribution in [3.8, 4) is 0 Å². The first kappa shape index (κ1) is 34.4. The molecule has 0 spiro atoms. The molecule has 0 radical (unpaired) electrons. The molecule has 12 heteroatoms. The lowest BCUT2D eigenvalue weighted by molar-refractivity contribution is 0.303. The molecule has 2 unspecified atom stereocenters. The van der Waals surface area contributed by atoms with Crippen LogP contribution in [0.3, 0.4) is 0 Å². The zero-order valence-corrected chi connectivity index (χ0v) is 28.9. The highest BCUT2D eigenvalue weighted by molar-refractivity contribution is 7.95. The van der Waals surface area contributed by atoms with Gasteiger partial charge in [0.15, 0.2) is 10.2 Å². The molecule has 0 aromatic carbocycles. The van der Waals surface area contributed by atoms with Gasteiger partial charge in [0.2, 0.25) is 0 Å². The van der Waals surface area contributed by atoms with E-state index in [1.54, 1.807) is 0 Å². The summed E-state index contributed by atoms with van der Waals surface area (Å²) in [4.78, 5) is 10.2. The lowest BCUT2D eigenvalue weighted by Gasteiger charge is -2.29. The molecule has 0 N–H and O–H groups in total. The van der Waals surface area contributed by atoms with E-state index >= 15 is 0 Å². The monoisotopic (exact) mass is 638 g/mol. The van der Waals surface area contributed by atoms with Crippen LogP contribution in [0.15, 0.2) is 0 Å². The smallest absolute Gasteiger partial charge is 0.176 e. The number of thiocarbonyl (C=S) groups is 4. The van der Waals surface area contributed by atoms with E-state index in [4.69, 9.17) is 48.9 Å². The molecular weight excluding hydrogens is 593 g/mol. The van der Waals surface area contributed by atoms with E-state index in [9.17, 15) is 9.11 Å². The number of hydrogen-bond acceptors (Lipinski definition) is 6. The molecule has 2 aliphatic heterocycles. The van der Waals surface area contributed by atoms with Crippen LogP contribution in [0.25, 0.3) is 0 Å². The van der Waals surface area contributed by atoms with Crippen molar-refractivity contribution in [2.24, 2.45) is 10.8 Å². The summed E-state index contributed by atoms with van der Waals surface area (Å²) in [5, 5.41) is 1.65.